The van der Waals surface area contributed by atoms with Crippen LogP contribution in [0.3, 0.4) is 0 Å². The Bertz CT molecular complexity index is 772. The molecule has 0 bridgehead atoms. The number of ether oxygens (including phenoxy) is 2. The third kappa shape index (κ3) is 2.79. The van der Waals surface area contributed by atoms with Gasteiger partial charge in [-0.3, -0.25) is 4.79 Å². The molecule has 0 saturated heterocycles. The molecule has 0 amide bonds. The van der Waals surface area contributed by atoms with Crippen LogP contribution in [0.1, 0.15) is 10.4 Å². The summed E-state index contributed by atoms with van der Waals surface area (Å²) in [5.41, 5.74) is 4.96. The molecule has 0 saturated carbocycles. The minimum atomic E-state index is -1.36. The molecule has 1 aromatic heterocycles. The second-order valence-electron chi connectivity index (χ2n) is 4.26. The lowest BCUT2D eigenvalue weighted by molar-refractivity contribution is 0.111. The molecule has 0 spiro atoms. The van der Waals surface area contributed by atoms with Gasteiger partial charge in [-0.05, 0) is 6.26 Å². The lowest BCUT2D eigenvalue weighted by atomic mass is 10.0. The van der Waals surface area contributed by atoms with Gasteiger partial charge in [-0.15, -0.1) is 0 Å². The molecule has 0 aliphatic carbocycles. The van der Waals surface area contributed by atoms with Crippen LogP contribution in [0.25, 0.3) is 11.1 Å². The predicted octanol–water partition coefficient (Wildman–Crippen LogP) is 2.56. The van der Waals surface area contributed by atoms with Gasteiger partial charge in [-0.2, -0.15) is 0 Å². The Morgan fingerprint density at radius 3 is 2.35 bits per heavy atom. The van der Waals surface area contributed by atoms with E-state index in [4.69, 9.17) is 15.2 Å². The van der Waals surface area contributed by atoms with Crippen LogP contribution in [-0.4, -0.2) is 36.7 Å². The van der Waals surface area contributed by atoms with Crippen molar-refractivity contribution in [3.05, 3.63) is 23.4 Å². The molecule has 0 radical (unpaired) electrons. The zero-order valence-electron chi connectivity index (χ0n) is 12.5. The minimum Gasteiger partial charge on any atom is -0.492 e. The lowest BCUT2D eigenvalue weighted by Crippen LogP contribution is -2.07. The van der Waals surface area contributed by atoms with E-state index in [-0.39, 0.29) is 34.7 Å². The number of halogens is 2. The van der Waals surface area contributed by atoms with Crippen LogP contribution < -0.4 is 15.2 Å². The van der Waals surface area contributed by atoms with Crippen molar-refractivity contribution in [3.63, 3.8) is 0 Å². The molecular weight excluding hydrogens is 328 g/mol. The van der Waals surface area contributed by atoms with Gasteiger partial charge in [-0.25, -0.2) is 18.7 Å². The van der Waals surface area contributed by atoms with E-state index in [2.05, 4.69) is 9.97 Å². The number of carbonyl (C=O) groups is 1. The average Bonchev–Trinajstić information content (AvgIpc) is 2.56. The van der Waals surface area contributed by atoms with Crippen LogP contribution in [0, 0.1) is 11.6 Å². The summed E-state index contributed by atoms with van der Waals surface area (Å²) in [4.78, 5) is 19.0. The van der Waals surface area contributed by atoms with Gasteiger partial charge in [0.15, 0.2) is 34.6 Å². The van der Waals surface area contributed by atoms with E-state index < -0.39 is 17.2 Å². The van der Waals surface area contributed by atoms with Gasteiger partial charge in [0.2, 0.25) is 0 Å². The molecule has 1 heterocycles. The quantitative estimate of drug-likeness (QED) is 0.508. The van der Waals surface area contributed by atoms with Gasteiger partial charge in [-0.1, -0.05) is 11.8 Å². The van der Waals surface area contributed by atoms with Crippen LogP contribution in [0.15, 0.2) is 11.4 Å². The summed E-state index contributed by atoms with van der Waals surface area (Å²) in [6, 6.07) is 0. The number of carbonyl (C=O) groups excluding carboxylic acids is 1. The Hall–Kier alpha value is -2.42. The van der Waals surface area contributed by atoms with E-state index in [1.54, 1.807) is 6.26 Å². The monoisotopic (exact) mass is 341 g/mol. The number of thioether (sulfide) groups is 1. The maximum Gasteiger partial charge on any atom is 0.189 e. The maximum absolute atomic E-state index is 14.5. The number of benzene rings is 1. The number of hydrogen-bond donors (Lipinski definition) is 1. The molecule has 2 N–H and O–H groups in total. The number of aromatic nitrogens is 2. The molecule has 23 heavy (non-hydrogen) atoms. The highest BCUT2D eigenvalue weighted by Gasteiger charge is 2.28. The van der Waals surface area contributed by atoms with Crippen LogP contribution in [-0.2, 0) is 0 Å². The fourth-order valence-electron chi connectivity index (χ4n) is 2.08. The van der Waals surface area contributed by atoms with Crippen LogP contribution >= 0.6 is 11.8 Å². The second-order valence-corrected chi connectivity index (χ2v) is 5.03. The van der Waals surface area contributed by atoms with Crippen molar-refractivity contribution in [1.82, 2.24) is 9.97 Å². The minimum absolute atomic E-state index is 0.0341. The van der Waals surface area contributed by atoms with Crippen LogP contribution in [0.4, 0.5) is 14.6 Å². The van der Waals surface area contributed by atoms with Crippen molar-refractivity contribution in [2.45, 2.75) is 5.16 Å². The number of hydrogen-bond acceptors (Lipinski definition) is 7. The van der Waals surface area contributed by atoms with Crippen LogP contribution in [0.5, 0.6) is 11.5 Å². The Morgan fingerprint density at radius 2 is 1.87 bits per heavy atom. The van der Waals surface area contributed by atoms with Gasteiger partial charge in [0.25, 0.3) is 0 Å². The molecule has 0 unspecified atom stereocenters. The fraction of sp³-hybridized carbons (Fsp3) is 0.214. The summed E-state index contributed by atoms with van der Waals surface area (Å²) in [7, 11) is 2.45. The number of nitrogens with zero attached hydrogens (tertiary/aromatic N) is 2. The summed E-state index contributed by atoms with van der Waals surface area (Å²) in [5.74, 6) is -3.11. The van der Waals surface area contributed by atoms with E-state index in [0.717, 1.165) is 0 Å². The van der Waals surface area contributed by atoms with E-state index in [0.29, 0.717) is 5.16 Å². The molecule has 0 fully saturated rings. The SMILES string of the molecule is COc1c(C=O)c(F)c(F)c(-c2cnc(SC)nc2N)c1OC. The Labute approximate surface area is 135 Å². The maximum atomic E-state index is 14.5. The largest absolute Gasteiger partial charge is 0.492 e. The first-order chi connectivity index (χ1) is 11.0. The number of anilines is 1. The Kier molecular flexibility index (Phi) is 4.99. The van der Waals surface area contributed by atoms with Gasteiger partial charge in [0.05, 0.1) is 25.3 Å². The molecule has 2 aromatic rings. The molecular formula is C14H13F2N3O3S. The van der Waals surface area contributed by atoms with E-state index in [1.807, 2.05) is 0 Å². The molecule has 6 nitrogen and oxygen atoms in total. The first-order valence-corrected chi connectivity index (χ1v) is 7.47. The number of nitrogens with two attached hydrogens (primary N) is 1. The summed E-state index contributed by atoms with van der Waals surface area (Å²) >= 11 is 1.25. The zero-order chi connectivity index (χ0) is 17.1. The molecule has 0 atom stereocenters. The highest BCUT2D eigenvalue weighted by atomic mass is 32.2. The standard InChI is InChI=1S/C14H13F2N3O3S/c1-21-11-7(5-20)9(15)10(16)8(12(11)22-2)6-4-18-14(23-3)19-13(6)17/h4-5H,1-3H3,(H2,17,18,19). The number of methoxy groups -OCH3 is 2. The van der Waals surface area contributed by atoms with Crippen molar-refractivity contribution in [3.8, 4) is 22.6 Å². The number of aldehydes is 1. The molecule has 0 aliphatic heterocycles. The predicted molar refractivity (Wildman–Crippen MR) is 82.1 cm³/mol. The first kappa shape index (κ1) is 16.9. The summed E-state index contributed by atoms with van der Waals surface area (Å²) in [5, 5.41) is 0.377. The van der Waals surface area contributed by atoms with Crippen molar-refractivity contribution in [2.24, 2.45) is 0 Å². The Balaban J connectivity index is 2.86. The average molecular weight is 341 g/mol. The topological polar surface area (TPSA) is 87.3 Å². The van der Waals surface area contributed by atoms with E-state index >= 15 is 0 Å². The van der Waals surface area contributed by atoms with Crippen LogP contribution in [0.2, 0.25) is 0 Å². The van der Waals surface area contributed by atoms with E-state index in [9.17, 15) is 13.6 Å². The fourth-order valence-corrected chi connectivity index (χ4v) is 2.42. The summed E-state index contributed by atoms with van der Waals surface area (Å²) in [6.45, 7) is 0. The highest BCUT2D eigenvalue weighted by molar-refractivity contribution is 7.98. The first-order valence-electron chi connectivity index (χ1n) is 6.25. The molecule has 0 aliphatic rings. The van der Waals surface area contributed by atoms with Gasteiger partial charge >= 0.3 is 0 Å². The molecule has 122 valence electrons. The van der Waals surface area contributed by atoms with E-state index in [1.165, 1.54) is 32.2 Å². The van der Waals surface area contributed by atoms with Gasteiger partial charge < -0.3 is 15.2 Å². The molecule has 2 rings (SSSR count). The number of rotatable bonds is 5. The third-order valence-corrected chi connectivity index (χ3v) is 3.66. The van der Waals surface area contributed by atoms with Gasteiger partial charge in [0.1, 0.15) is 5.82 Å². The highest BCUT2D eigenvalue weighted by Crippen LogP contribution is 2.44. The van der Waals surface area contributed by atoms with Crippen molar-refractivity contribution < 1.29 is 23.0 Å². The van der Waals surface area contributed by atoms with Crippen molar-refractivity contribution in [2.75, 3.05) is 26.2 Å². The smallest absolute Gasteiger partial charge is 0.189 e. The lowest BCUT2D eigenvalue weighted by Gasteiger charge is -2.17. The van der Waals surface area contributed by atoms with Crippen molar-refractivity contribution >= 4 is 23.9 Å². The normalized spacial score (nSPS) is 10.5. The van der Waals surface area contributed by atoms with Crippen molar-refractivity contribution in [1.29, 1.82) is 0 Å². The zero-order valence-corrected chi connectivity index (χ0v) is 13.3. The number of nitrogen functional groups attached to an aromatic ring is 1. The molecule has 9 heteroatoms. The van der Waals surface area contributed by atoms with Gasteiger partial charge in [0, 0.05) is 11.8 Å². The summed E-state index contributed by atoms with van der Waals surface area (Å²) in [6.07, 6.45) is 3.16. The third-order valence-electron chi connectivity index (χ3n) is 3.10. The molecule has 1 aromatic carbocycles. The Morgan fingerprint density at radius 1 is 1.22 bits per heavy atom. The second kappa shape index (κ2) is 6.78. The summed E-state index contributed by atoms with van der Waals surface area (Å²) < 4.78 is 38.7.